The number of ether oxygens (including phenoxy) is 3. The number of carbonyl (C=O) groups excluding carboxylic acids is 1. The molecule has 0 aliphatic carbocycles. The minimum Gasteiger partial charge on any atom is -0.456 e. The van der Waals surface area contributed by atoms with Crippen molar-refractivity contribution in [1.29, 1.82) is 0 Å². The summed E-state index contributed by atoms with van der Waals surface area (Å²) in [7, 11) is 0. The molecule has 2 heterocycles. The van der Waals surface area contributed by atoms with Crippen LogP contribution < -0.4 is 15.4 Å². The molecular weight excluding hydrogens is 500 g/mol. The van der Waals surface area contributed by atoms with E-state index in [4.69, 9.17) is 14.2 Å². The molecule has 1 spiro atoms. The van der Waals surface area contributed by atoms with E-state index in [-0.39, 0.29) is 12.0 Å². The van der Waals surface area contributed by atoms with Gasteiger partial charge in [0.2, 0.25) is 0 Å². The van der Waals surface area contributed by atoms with E-state index in [0.29, 0.717) is 17.1 Å². The van der Waals surface area contributed by atoms with Gasteiger partial charge in [-0.15, -0.1) is 0 Å². The molecule has 6 heteroatoms. The minimum atomic E-state index is -1.11. The van der Waals surface area contributed by atoms with E-state index >= 15 is 0 Å². The van der Waals surface area contributed by atoms with E-state index < -0.39 is 5.60 Å². The smallest absolute Gasteiger partial charge is 0.340 e. The van der Waals surface area contributed by atoms with Crippen molar-refractivity contribution in [2.24, 2.45) is 0 Å². The lowest BCUT2D eigenvalue weighted by molar-refractivity contribution is 0.0224. The molecule has 2 N–H and O–H groups in total. The molecule has 2 aliphatic rings. The van der Waals surface area contributed by atoms with E-state index in [2.05, 4.69) is 23.6 Å². The molecule has 204 valence electrons. The fourth-order valence-electron chi connectivity index (χ4n) is 5.71. The summed E-state index contributed by atoms with van der Waals surface area (Å²) in [4.78, 5) is 13.3. The Hall–Kier alpha value is -4.29. The van der Waals surface area contributed by atoms with Gasteiger partial charge in [0.15, 0.2) is 5.60 Å². The monoisotopic (exact) mass is 534 g/mol. The molecule has 40 heavy (non-hydrogen) atoms. The molecule has 2 aliphatic heterocycles. The number of anilines is 3. The van der Waals surface area contributed by atoms with Crippen LogP contribution in [0.5, 0.6) is 11.5 Å². The fraction of sp³-hybridized carbons (Fsp3) is 0.265. The van der Waals surface area contributed by atoms with Gasteiger partial charge in [0.1, 0.15) is 11.5 Å². The lowest BCUT2D eigenvalue weighted by Crippen LogP contribution is -2.33. The molecule has 4 aromatic rings. The fourth-order valence-corrected chi connectivity index (χ4v) is 5.71. The van der Waals surface area contributed by atoms with Crippen molar-refractivity contribution < 1.29 is 19.0 Å². The van der Waals surface area contributed by atoms with Gasteiger partial charge < -0.3 is 24.8 Å². The zero-order valence-corrected chi connectivity index (χ0v) is 23.1. The molecule has 0 bridgehead atoms. The van der Waals surface area contributed by atoms with Crippen LogP contribution in [0.25, 0.3) is 0 Å². The van der Waals surface area contributed by atoms with Crippen LogP contribution >= 0.6 is 0 Å². The van der Waals surface area contributed by atoms with Gasteiger partial charge in [0, 0.05) is 59.1 Å². The van der Waals surface area contributed by atoms with Gasteiger partial charge in [-0.05, 0) is 81.6 Å². The van der Waals surface area contributed by atoms with Gasteiger partial charge in [-0.1, -0.05) is 36.4 Å². The summed E-state index contributed by atoms with van der Waals surface area (Å²) in [5.41, 5.74) is 5.78. The highest BCUT2D eigenvalue weighted by atomic mass is 16.6. The molecule has 0 saturated carbocycles. The number of carbonyl (C=O) groups is 1. The highest BCUT2D eigenvalue weighted by Crippen LogP contribution is 2.57. The van der Waals surface area contributed by atoms with Gasteiger partial charge in [-0.25, -0.2) is 4.79 Å². The Balaban J connectivity index is 1.42. The summed E-state index contributed by atoms with van der Waals surface area (Å²) < 4.78 is 18.4. The van der Waals surface area contributed by atoms with Crippen molar-refractivity contribution in [1.82, 2.24) is 0 Å². The molecule has 0 fully saturated rings. The number of rotatable bonds is 9. The topological polar surface area (TPSA) is 68.8 Å². The number of para-hydroxylation sites is 1. The van der Waals surface area contributed by atoms with Crippen molar-refractivity contribution in [2.75, 3.05) is 23.8 Å². The van der Waals surface area contributed by atoms with E-state index in [1.807, 2.05) is 92.7 Å². The highest BCUT2D eigenvalue weighted by Gasteiger charge is 2.53. The van der Waals surface area contributed by atoms with Crippen LogP contribution in [0.15, 0.2) is 84.9 Å². The second-order valence-corrected chi connectivity index (χ2v) is 10.5. The zero-order valence-electron chi connectivity index (χ0n) is 23.1. The lowest BCUT2D eigenvalue weighted by Gasteiger charge is -2.37. The maximum Gasteiger partial charge on any atom is 0.340 e. The number of esters is 1. The van der Waals surface area contributed by atoms with Crippen LogP contribution in [-0.4, -0.2) is 25.2 Å². The highest BCUT2D eigenvalue weighted by molar-refractivity contribution is 5.97. The number of nitrogens with one attached hydrogen (secondary N) is 2. The molecule has 0 radical (unpaired) electrons. The SMILES string of the molecule is CCOCCC[C@@H](C)Nc1ccc2c(c1)Oc1cc(C)c(Nc3ccccc3)cc1[C@@]21OC(=O)c2ccccc21. The average Bonchev–Trinajstić information content (AvgIpc) is 3.25. The van der Waals surface area contributed by atoms with E-state index in [0.717, 1.165) is 65.4 Å². The number of aryl methyl sites for hydroxylation is 1. The van der Waals surface area contributed by atoms with Crippen molar-refractivity contribution >= 4 is 23.0 Å². The summed E-state index contributed by atoms with van der Waals surface area (Å²) >= 11 is 0. The minimum absolute atomic E-state index is 0.266. The molecule has 4 aromatic carbocycles. The third-order valence-electron chi connectivity index (χ3n) is 7.65. The third kappa shape index (κ3) is 4.58. The Morgan fingerprint density at radius 1 is 0.875 bits per heavy atom. The van der Waals surface area contributed by atoms with Crippen LogP contribution in [0, 0.1) is 6.92 Å². The molecule has 0 saturated heterocycles. The van der Waals surface area contributed by atoms with Crippen LogP contribution in [0.2, 0.25) is 0 Å². The van der Waals surface area contributed by atoms with E-state index in [1.165, 1.54) is 0 Å². The van der Waals surface area contributed by atoms with Gasteiger partial charge in [0.05, 0.1) is 5.56 Å². The maximum atomic E-state index is 13.3. The Kier molecular flexibility index (Phi) is 6.95. The number of fused-ring (bicyclic) bond motifs is 6. The van der Waals surface area contributed by atoms with Crippen molar-refractivity contribution in [3.8, 4) is 11.5 Å². The van der Waals surface area contributed by atoms with Crippen LogP contribution in [0.1, 0.15) is 59.3 Å². The largest absolute Gasteiger partial charge is 0.456 e. The summed E-state index contributed by atoms with van der Waals surface area (Å²) in [6.45, 7) is 7.74. The van der Waals surface area contributed by atoms with Crippen LogP contribution in [0.4, 0.5) is 17.1 Å². The van der Waals surface area contributed by atoms with E-state index in [1.54, 1.807) is 0 Å². The molecular formula is C34H34N2O4. The first-order valence-corrected chi connectivity index (χ1v) is 14.0. The molecule has 0 aromatic heterocycles. The first-order valence-electron chi connectivity index (χ1n) is 14.0. The van der Waals surface area contributed by atoms with Gasteiger partial charge in [-0.2, -0.15) is 0 Å². The summed E-state index contributed by atoms with van der Waals surface area (Å²) in [5, 5.41) is 7.12. The predicted octanol–water partition coefficient (Wildman–Crippen LogP) is 7.92. The van der Waals surface area contributed by atoms with Crippen molar-refractivity contribution in [2.45, 2.75) is 45.3 Å². The Bertz CT molecular complexity index is 1550. The quantitative estimate of drug-likeness (QED) is 0.168. The summed E-state index contributed by atoms with van der Waals surface area (Å²) in [5.74, 6) is 1.01. The second-order valence-electron chi connectivity index (χ2n) is 10.5. The first-order chi connectivity index (χ1) is 19.5. The number of hydrogen-bond donors (Lipinski definition) is 2. The molecule has 2 atom stereocenters. The molecule has 6 nitrogen and oxygen atoms in total. The lowest BCUT2D eigenvalue weighted by atomic mass is 9.77. The first kappa shape index (κ1) is 26.0. The summed E-state index contributed by atoms with van der Waals surface area (Å²) in [6.07, 6.45) is 1.98. The summed E-state index contributed by atoms with van der Waals surface area (Å²) in [6, 6.07) is 28.1. The normalized spacial score (nSPS) is 17.3. The third-order valence-corrected chi connectivity index (χ3v) is 7.65. The zero-order chi connectivity index (χ0) is 27.7. The molecule has 0 amide bonds. The number of hydrogen-bond acceptors (Lipinski definition) is 6. The van der Waals surface area contributed by atoms with Crippen molar-refractivity contribution in [3.63, 3.8) is 0 Å². The van der Waals surface area contributed by atoms with Crippen molar-refractivity contribution in [3.05, 3.63) is 113 Å². The second kappa shape index (κ2) is 10.7. The maximum absolute atomic E-state index is 13.3. The molecule has 0 unspecified atom stereocenters. The van der Waals surface area contributed by atoms with Gasteiger partial charge in [-0.3, -0.25) is 0 Å². The predicted molar refractivity (Wildman–Crippen MR) is 158 cm³/mol. The Labute approximate surface area is 235 Å². The average molecular weight is 535 g/mol. The number of benzene rings is 4. The standard InChI is InChI=1S/C34H34N2O4/c1-4-38-18-10-11-23(3)35-25-16-17-28-32(20-25)39-31-19-22(2)30(36-24-12-6-5-7-13-24)21-29(31)34(28)27-15-9-8-14-26(27)33(37)40-34/h5-9,12-17,19-21,23,35-36H,4,10-11,18H2,1-3H3/t23-,34+/m1/s1. The van der Waals surface area contributed by atoms with Gasteiger partial charge >= 0.3 is 5.97 Å². The Morgan fingerprint density at radius 3 is 2.48 bits per heavy atom. The van der Waals surface area contributed by atoms with Crippen LogP contribution in [0.3, 0.4) is 0 Å². The van der Waals surface area contributed by atoms with E-state index in [9.17, 15) is 4.79 Å². The Morgan fingerprint density at radius 2 is 1.65 bits per heavy atom. The molecule has 6 rings (SSSR count). The van der Waals surface area contributed by atoms with Crippen LogP contribution in [-0.2, 0) is 15.1 Å². The van der Waals surface area contributed by atoms with Gasteiger partial charge in [0.25, 0.3) is 0 Å².